The van der Waals surface area contributed by atoms with E-state index < -0.39 is 0 Å². The van der Waals surface area contributed by atoms with Crippen molar-refractivity contribution in [1.29, 1.82) is 0 Å². The van der Waals surface area contributed by atoms with E-state index in [1.807, 2.05) is 49.4 Å². The van der Waals surface area contributed by atoms with Crippen molar-refractivity contribution in [2.24, 2.45) is 0 Å². The second kappa shape index (κ2) is 6.54. The molecule has 4 nitrogen and oxygen atoms in total. The number of aromatic nitrogens is 2. The maximum absolute atomic E-state index is 5.74. The molecule has 0 amide bonds. The van der Waals surface area contributed by atoms with Crippen LogP contribution >= 0.6 is 0 Å². The van der Waals surface area contributed by atoms with Gasteiger partial charge in [-0.15, -0.1) is 0 Å². The Bertz CT molecular complexity index is 968. The van der Waals surface area contributed by atoms with Crippen molar-refractivity contribution in [2.75, 3.05) is 11.5 Å². The summed E-state index contributed by atoms with van der Waals surface area (Å²) in [5, 5.41) is 2.17. The van der Waals surface area contributed by atoms with Crippen LogP contribution in [0.15, 0.2) is 60.7 Å². The van der Waals surface area contributed by atoms with Crippen LogP contribution in [0.25, 0.3) is 21.8 Å². The molecule has 0 saturated heterocycles. The molecule has 0 fully saturated rings. The summed E-state index contributed by atoms with van der Waals surface area (Å²) in [7, 11) is 0. The molecule has 4 aromatic rings. The molecule has 4 N–H and O–H groups in total. The SMILES string of the molecule is Cc1cc2ccccc2nc1C.Nc1cc(N)c2ccccc2n1. The first-order valence-corrected chi connectivity index (χ1v) is 7.78. The van der Waals surface area contributed by atoms with Crippen LogP contribution in [0.2, 0.25) is 0 Å². The van der Waals surface area contributed by atoms with E-state index in [2.05, 4.69) is 29.0 Å². The van der Waals surface area contributed by atoms with Crippen molar-refractivity contribution >= 4 is 33.3 Å². The summed E-state index contributed by atoms with van der Waals surface area (Å²) in [5.74, 6) is 0.464. The number of fused-ring (bicyclic) bond motifs is 2. The smallest absolute Gasteiger partial charge is 0.126 e. The summed E-state index contributed by atoms with van der Waals surface area (Å²) < 4.78 is 0. The van der Waals surface area contributed by atoms with Crippen LogP contribution in [0.1, 0.15) is 11.3 Å². The predicted octanol–water partition coefficient (Wildman–Crippen LogP) is 4.25. The van der Waals surface area contributed by atoms with Gasteiger partial charge in [-0.3, -0.25) is 4.98 Å². The predicted molar refractivity (Wildman–Crippen MR) is 102 cm³/mol. The standard InChI is InChI=1S/C11H11N.C9H9N3/c1-8-7-10-5-3-4-6-11(10)12-9(8)2;10-7-5-9(11)12-8-4-2-1-3-6(7)8/h3-7H,1-2H3;1-5H,(H4,10,11,12). The molecule has 0 bridgehead atoms. The lowest BCUT2D eigenvalue weighted by Crippen LogP contribution is -1.94. The molecule has 2 aromatic carbocycles. The number of pyridine rings is 2. The third-order valence-corrected chi connectivity index (χ3v) is 3.94. The zero-order valence-corrected chi connectivity index (χ0v) is 13.8. The Morgan fingerprint density at radius 1 is 0.750 bits per heavy atom. The highest BCUT2D eigenvalue weighted by atomic mass is 14.8. The number of para-hydroxylation sites is 2. The molecule has 0 aliphatic rings. The van der Waals surface area contributed by atoms with Crippen molar-refractivity contribution in [1.82, 2.24) is 9.97 Å². The van der Waals surface area contributed by atoms with Gasteiger partial charge < -0.3 is 11.5 Å². The number of hydrogen-bond acceptors (Lipinski definition) is 4. The van der Waals surface area contributed by atoms with Crippen LogP contribution in [0.5, 0.6) is 0 Å². The first kappa shape index (κ1) is 15.7. The first-order chi connectivity index (χ1) is 11.5. The highest BCUT2D eigenvalue weighted by molar-refractivity contribution is 5.91. The molecule has 24 heavy (non-hydrogen) atoms. The van der Waals surface area contributed by atoms with E-state index in [0.717, 1.165) is 22.1 Å². The van der Waals surface area contributed by atoms with Crippen molar-refractivity contribution in [3.63, 3.8) is 0 Å². The van der Waals surface area contributed by atoms with Gasteiger partial charge in [0.05, 0.1) is 11.0 Å². The van der Waals surface area contributed by atoms with Gasteiger partial charge in [-0.1, -0.05) is 36.4 Å². The molecular formula is C20H20N4. The lowest BCUT2D eigenvalue weighted by atomic mass is 10.1. The fourth-order valence-corrected chi connectivity index (χ4v) is 2.54. The number of anilines is 2. The molecule has 2 heterocycles. The van der Waals surface area contributed by atoms with Gasteiger partial charge in [0.1, 0.15) is 5.82 Å². The summed E-state index contributed by atoms with van der Waals surface area (Å²) in [6.45, 7) is 4.14. The molecular weight excluding hydrogens is 296 g/mol. The fourth-order valence-electron chi connectivity index (χ4n) is 2.54. The largest absolute Gasteiger partial charge is 0.398 e. The Morgan fingerprint density at radius 2 is 1.42 bits per heavy atom. The lowest BCUT2D eigenvalue weighted by Gasteiger charge is -2.01. The van der Waals surface area contributed by atoms with Crippen LogP contribution in [-0.2, 0) is 0 Å². The number of nitrogen functional groups attached to an aromatic ring is 2. The number of nitrogens with two attached hydrogens (primary N) is 2. The molecule has 0 aliphatic carbocycles. The molecule has 0 saturated carbocycles. The average molecular weight is 316 g/mol. The van der Waals surface area contributed by atoms with Crippen molar-refractivity contribution in [2.45, 2.75) is 13.8 Å². The van der Waals surface area contributed by atoms with Gasteiger partial charge in [-0.05, 0) is 37.6 Å². The highest BCUT2D eigenvalue weighted by Crippen LogP contribution is 2.20. The summed E-state index contributed by atoms with van der Waals surface area (Å²) in [6.07, 6.45) is 0. The zero-order valence-electron chi connectivity index (χ0n) is 13.8. The first-order valence-electron chi connectivity index (χ1n) is 7.78. The Hall–Kier alpha value is -3.14. The van der Waals surface area contributed by atoms with E-state index in [-0.39, 0.29) is 0 Å². The quantitative estimate of drug-likeness (QED) is 0.508. The van der Waals surface area contributed by atoms with E-state index in [4.69, 9.17) is 11.5 Å². The van der Waals surface area contributed by atoms with Gasteiger partial charge in [-0.2, -0.15) is 0 Å². The number of nitrogens with zero attached hydrogens (tertiary/aromatic N) is 2. The Kier molecular flexibility index (Phi) is 4.29. The number of aryl methyl sites for hydroxylation is 2. The maximum atomic E-state index is 5.74. The fraction of sp³-hybridized carbons (Fsp3) is 0.100. The summed E-state index contributed by atoms with van der Waals surface area (Å²) >= 11 is 0. The van der Waals surface area contributed by atoms with E-state index in [1.165, 1.54) is 10.9 Å². The molecule has 4 heteroatoms. The molecule has 0 spiro atoms. The van der Waals surface area contributed by atoms with Crippen molar-refractivity contribution < 1.29 is 0 Å². The molecule has 0 atom stereocenters. The van der Waals surface area contributed by atoms with Crippen LogP contribution in [-0.4, -0.2) is 9.97 Å². The van der Waals surface area contributed by atoms with Gasteiger partial charge in [0, 0.05) is 28.2 Å². The molecule has 0 aliphatic heterocycles. The normalized spacial score (nSPS) is 10.4. The van der Waals surface area contributed by atoms with E-state index in [9.17, 15) is 0 Å². The van der Waals surface area contributed by atoms with Gasteiger partial charge >= 0.3 is 0 Å². The highest BCUT2D eigenvalue weighted by Gasteiger charge is 1.98. The van der Waals surface area contributed by atoms with Crippen LogP contribution in [0.4, 0.5) is 11.5 Å². The number of rotatable bonds is 0. The van der Waals surface area contributed by atoms with Crippen molar-refractivity contribution in [3.05, 3.63) is 71.9 Å². The molecule has 4 rings (SSSR count). The Labute approximate surface area is 141 Å². The van der Waals surface area contributed by atoms with Gasteiger partial charge in [-0.25, -0.2) is 4.98 Å². The molecule has 0 radical (unpaired) electrons. The van der Waals surface area contributed by atoms with Gasteiger partial charge in [0.15, 0.2) is 0 Å². The number of hydrogen-bond donors (Lipinski definition) is 2. The number of benzene rings is 2. The van der Waals surface area contributed by atoms with Crippen molar-refractivity contribution in [3.8, 4) is 0 Å². The molecule has 120 valence electrons. The Balaban J connectivity index is 0.000000141. The topological polar surface area (TPSA) is 77.8 Å². The van der Waals surface area contributed by atoms with Crippen LogP contribution < -0.4 is 11.5 Å². The summed E-state index contributed by atoms with van der Waals surface area (Å²) in [4.78, 5) is 8.61. The minimum Gasteiger partial charge on any atom is -0.398 e. The molecule has 2 aromatic heterocycles. The zero-order chi connectivity index (χ0) is 17.1. The van der Waals surface area contributed by atoms with E-state index in [1.54, 1.807) is 6.07 Å². The second-order valence-corrected chi connectivity index (χ2v) is 5.74. The average Bonchev–Trinajstić information content (AvgIpc) is 2.56. The van der Waals surface area contributed by atoms with Gasteiger partial charge in [0.2, 0.25) is 0 Å². The molecule has 0 unspecified atom stereocenters. The maximum Gasteiger partial charge on any atom is 0.126 e. The van der Waals surface area contributed by atoms with Gasteiger partial charge in [0.25, 0.3) is 0 Å². The minimum absolute atomic E-state index is 0.464. The summed E-state index contributed by atoms with van der Waals surface area (Å²) in [6, 6.07) is 19.7. The lowest BCUT2D eigenvalue weighted by molar-refractivity contribution is 1.20. The Morgan fingerprint density at radius 3 is 2.21 bits per heavy atom. The van der Waals surface area contributed by atoms with Crippen LogP contribution in [0, 0.1) is 13.8 Å². The minimum atomic E-state index is 0.464. The van der Waals surface area contributed by atoms with E-state index >= 15 is 0 Å². The summed E-state index contributed by atoms with van der Waals surface area (Å²) in [5.41, 5.74) is 16.3. The van der Waals surface area contributed by atoms with Crippen LogP contribution in [0.3, 0.4) is 0 Å². The van der Waals surface area contributed by atoms with E-state index in [0.29, 0.717) is 11.5 Å². The second-order valence-electron chi connectivity index (χ2n) is 5.74. The monoisotopic (exact) mass is 316 g/mol. The third kappa shape index (κ3) is 3.27. The third-order valence-electron chi connectivity index (χ3n) is 3.94.